The van der Waals surface area contributed by atoms with E-state index in [1.54, 1.807) is 24.3 Å². The zero-order valence-electron chi connectivity index (χ0n) is 8.45. The first kappa shape index (κ1) is 12.4. The SMILES string of the molecule is Oc1ccc(Cl)cc1Oc1cc(Cl)cc(Cl)c1. The zero-order chi connectivity index (χ0) is 12.4. The van der Waals surface area contributed by atoms with Gasteiger partial charge in [-0.2, -0.15) is 0 Å². The molecular formula is C12H7Cl3O2. The Balaban J connectivity index is 2.34. The number of ether oxygens (including phenoxy) is 1. The lowest BCUT2D eigenvalue weighted by molar-refractivity contribution is 0.411. The highest BCUT2D eigenvalue weighted by atomic mass is 35.5. The van der Waals surface area contributed by atoms with Gasteiger partial charge in [-0.05, 0) is 30.3 Å². The normalized spacial score (nSPS) is 10.3. The van der Waals surface area contributed by atoms with Crippen LogP contribution in [-0.2, 0) is 0 Å². The quantitative estimate of drug-likeness (QED) is 0.829. The van der Waals surface area contributed by atoms with Crippen LogP contribution >= 0.6 is 34.8 Å². The molecule has 2 aromatic carbocycles. The Morgan fingerprint density at radius 2 is 1.47 bits per heavy atom. The molecule has 17 heavy (non-hydrogen) atoms. The first-order valence-corrected chi connectivity index (χ1v) is 5.80. The molecule has 0 heterocycles. The van der Waals surface area contributed by atoms with Crippen molar-refractivity contribution in [1.82, 2.24) is 0 Å². The van der Waals surface area contributed by atoms with Crippen molar-refractivity contribution in [1.29, 1.82) is 0 Å². The lowest BCUT2D eigenvalue weighted by Gasteiger charge is -2.08. The lowest BCUT2D eigenvalue weighted by atomic mass is 10.3. The van der Waals surface area contributed by atoms with Gasteiger partial charge in [0.25, 0.3) is 0 Å². The molecule has 0 spiro atoms. The largest absolute Gasteiger partial charge is 0.504 e. The molecular weight excluding hydrogens is 282 g/mol. The molecule has 0 saturated heterocycles. The Morgan fingerprint density at radius 1 is 0.824 bits per heavy atom. The molecule has 2 nitrogen and oxygen atoms in total. The van der Waals surface area contributed by atoms with Gasteiger partial charge in [0, 0.05) is 21.1 Å². The maximum atomic E-state index is 9.59. The minimum atomic E-state index is -0.00880. The van der Waals surface area contributed by atoms with Crippen molar-refractivity contribution >= 4 is 34.8 Å². The Labute approximate surface area is 113 Å². The topological polar surface area (TPSA) is 29.5 Å². The third kappa shape index (κ3) is 3.19. The molecule has 0 aromatic heterocycles. The van der Waals surface area contributed by atoms with Gasteiger partial charge in [-0.3, -0.25) is 0 Å². The fourth-order valence-electron chi connectivity index (χ4n) is 1.28. The molecule has 0 aliphatic carbocycles. The van der Waals surface area contributed by atoms with E-state index in [1.165, 1.54) is 12.1 Å². The first-order chi connectivity index (χ1) is 8.04. The minimum Gasteiger partial charge on any atom is -0.504 e. The Kier molecular flexibility index (Phi) is 3.67. The summed E-state index contributed by atoms with van der Waals surface area (Å²) < 4.78 is 5.45. The Bertz CT molecular complexity index is 535. The van der Waals surface area contributed by atoms with Crippen LogP contribution in [0, 0.1) is 0 Å². The van der Waals surface area contributed by atoms with Crippen LogP contribution < -0.4 is 4.74 Å². The van der Waals surface area contributed by atoms with Crippen LogP contribution in [0.4, 0.5) is 0 Å². The summed E-state index contributed by atoms with van der Waals surface area (Å²) in [5.74, 6) is 0.668. The molecule has 0 fully saturated rings. The second-order valence-electron chi connectivity index (χ2n) is 3.32. The zero-order valence-corrected chi connectivity index (χ0v) is 10.7. The number of benzene rings is 2. The molecule has 1 N–H and O–H groups in total. The van der Waals surface area contributed by atoms with Gasteiger partial charge in [0.1, 0.15) is 5.75 Å². The second-order valence-corrected chi connectivity index (χ2v) is 4.63. The van der Waals surface area contributed by atoms with Crippen molar-refractivity contribution in [2.45, 2.75) is 0 Å². The summed E-state index contributed by atoms with van der Waals surface area (Å²) >= 11 is 17.5. The molecule has 88 valence electrons. The van der Waals surface area contributed by atoms with Crippen LogP contribution in [0.3, 0.4) is 0 Å². The summed E-state index contributed by atoms with van der Waals surface area (Å²) in [6.07, 6.45) is 0. The Morgan fingerprint density at radius 3 is 2.12 bits per heavy atom. The summed E-state index contributed by atoms with van der Waals surface area (Å²) in [4.78, 5) is 0. The predicted molar refractivity (Wildman–Crippen MR) is 69.7 cm³/mol. The van der Waals surface area contributed by atoms with E-state index in [4.69, 9.17) is 39.5 Å². The van der Waals surface area contributed by atoms with Crippen LogP contribution in [-0.4, -0.2) is 5.11 Å². The van der Waals surface area contributed by atoms with Gasteiger partial charge in [-0.25, -0.2) is 0 Å². The van der Waals surface area contributed by atoms with Crippen molar-refractivity contribution in [2.75, 3.05) is 0 Å². The molecule has 0 unspecified atom stereocenters. The second kappa shape index (κ2) is 5.05. The highest BCUT2D eigenvalue weighted by molar-refractivity contribution is 6.34. The van der Waals surface area contributed by atoms with Crippen LogP contribution in [0.2, 0.25) is 15.1 Å². The molecule has 2 rings (SSSR count). The molecule has 0 bridgehead atoms. The van der Waals surface area contributed by atoms with E-state index < -0.39 is 0 Å². The van der Waals surface area contributed by atoms with E-state index in [1.807, 2.05) is 0 Å². The van der Waals surface area contributed by atoms with Crippen LogP contribution in [0.5, 0.6) is 17.2 Å². The van der Waals surface area contributed by atoms with Crippen LogP contribution in [0.25, 0.3) is 0 Å². The molecule has 0 saturated carbocycles. The summed E-state index contributed by atoms with van der Waals surface area (Å²) in [5, 5.41) is 11.0. The maximum Gasteiger partial charge on any atom is 0.170 e. The fourth-order valence-corrected chi connectivity index (χ4v) is 1.95. The average molecular weight is 290 g/mol. The smallest absolute Gasteiger partial charge is 0.170 e. The van der Waals surface area contributed by atoms with E-state index in [0.717, 1.165) is 0 Å². The summed E-state index contributed by atoms with van der Waals surface area (Å²) in [5.41, 5.74) is 0. The van der Waals surface area contributed by atoms with E-state index in [0.29, 0.717) is 20.8 Å². The standard InChI is InChI=1S/C12H7Cl3O2/c13-7-1-2-11(16)12(6-7)17-10-4-8(14)3-9(15)5-10/h1-6,16H. The molecule has 5 heteroatoms. The van der Waals surface area contributed by atoms with Crippen LogP contribution in [0.1, 0.15) is 0 Å². The van der Waals surface area contributed by atoms with Crippen molar-refractivity contribution in [2.24, 2.45) is 0 Å². The van der Waals surface area contributed by atoms with E-state index >= 15 is 0 Å². The predicted octanol–water partition coefficient (Wildman–Crippen LogP) is 5.14. The van der Waals surface area contributed by atoms with E-state index in [-0.39, 0.29) is 11.5 Å². The number of aromatic hydroxyl groups is 1. The molecule has 0 atom stereocenters. The van der Waals surface area contributed by atoms with Crippen molar-refractivity contribution in [3.63, 3.8) is 0 Å². The highest BCUT2D eigenvalue weighted by Gasteiger charge is 2.06. The van der Waals surface area contributed by atoms with Gasteiger partial charge in [0.05, 0.1) is 0 Å². The van der Waals surface area contributed by atoms with Crippen molar-refractivity contribution in [3.8, 4) is 17.2 Å². The van der Waals surface area contributed by atoms with E-state index in [9.17, 15) is 5.11 Å². The number of phenolic OH excluding ortho intramolecular Hbond substituents is 1. The van der Waals surface area contributed by atoms with Gasteiger partial charge in [-0.1, -0.05) is 34.8 Å². The molecule has 0 radical (unpaired) electrons. The van der Waals surface area contributed by atoms with Gasteiger partial charge < -0.3 is 9.84 Å². The van der Waals surface area contributed by atoms with Gasteiger partial charge in [0.2, 0.25) is 0 Å². The summed E-state index contributed by atoms with van der Waals surface area (Å²) in [6.45, 7) is 0. The monoisotopic (exact) mass is 288 g/mol. The van der Waals surface area contributed by atoms with Crippen LogP contribution in [0.15, 0.2) is 36.4 Å². The number of rotatable bonds is 2. The van der Waals surface area contributed by atoms with Gasteiger partial charge >= 0.3 is 0 Å². The molecule has 0 amide bonds. The van der Waals surface area contributed by atoms with E-state index in [2.05, 4.69) is 0 Å². The summed E-state index contributed by atoms with van der Waals surface area (Å²) in [6, 6.07) is 9.29. The number of hydrogen-bond donors (Lipinski definition) is 1. The third-order valence-corrected chi connectivity index (χ3v) is 2.66. The lowest BCUT2D eigenvalue weighted by Crippen LogP contribution is -1.85. The number of phenols is 1. The molecule has 0 aliphatic rings. The molecule has 2 aromatic rings. The van der Waals surface area contributed by atoms with Crippen molar-refractivity contribution in [3.05, 3.63) is 51.5 Å². The summed E-state index contributed by atoms with van der Waals surface area (Å²) in [7, 11) is 0. The third-order valence-electron chi connectivity index (χ3n) is 1.99. The number of hydrogen-bond acceptors (Lipinski definition) is 2. The average Bonchev–Trinajstić information content (AvgIpc) is 2.22. The fraction of sp³-hybridized carbons (Fsp3) is 0. The highest BCUT2D eigenvalue weighted by Crippen LogP contribution is 2.34. The van der Waals surface area contributed by atoms with Gasteiger partial charge in [-0.15, -0.1) is 0 Å². The minimum absolute atomic E-state index is 0.00880. The Hall–Kier alpha value is -1.09. The molecule has 0 aliphatic heterocycles. The maximum absolute atomic E-state index is 9.59. The first-order valence-electron chi connectivity index (χ1n) is 4.67. The number of halogens is 3. The van der Waals surface area contributed by atoms with Gasteiger partial charge in [0.15, 0.2) is 11.5 Å². The van der Waals surface area contributed by atoms with Crippen molar-refractivity contribution < 1.29 is 9.84 Å².